The summed E-state index contributed by atoms with van der Waals surface area (Å²) in [5.41, 5.74) is 22.1. The highest BCUT2D eigenvalue weighted by Crippen LogP contribution is 2.29. The summed E-state index contributed by atoms with van der Waals surface area (Å²) >= 11 is 0. The van der Waals surface area contributed by atoms with Crippen molar-refractivity contribution in [2.24, 2.45) is 33.9 Å². The summed E-state index contributed by atoms with van der Waals surface area (Å²) in [4.78, 5) is 49.5. The van der Waals surface area contributed by atoms with Crippen LogP contribution in [-0.2, 0) is 68.7 Å². The average Bonchev–Trinajstić information content (AvgIpc) is 1.67. The van der Waals surface area contributed by atoms with Crippen LogP contribution in [0.1, 0.15) is 140 Å². The Labute approximate surface area is 729 Å². The molecule has 0 saturated heterocycles. The number of imidazole rings is 4. The number of nitro groups is 2. The van der Waals surface area contributed by atoms with Gasteiger partial charge < -0.3 is 73.3 Å². The molecule has 0 spiro atoms. The lowest BCUT2D eigenvalue weighted by Gasteiger charge is -2.20. The van der Waals surface area contributed by atoms with Gasteiger partial charge in [0.05, 0.1) is 112 Å². The molecule has 4 heterocycles. The maximum atomic E-state index is 13.1. The fraction of sp³-hybridized carbons (Fsp3) is 0.380. The van der Waals surface area contributed by atoms with Crippen LogP contribution in [0.25, 0.3) is 44.1 Å². The van der Waals surface area contributed by atoms with Crippen LogP contribution in [0.4, 0.5) is 35.0 Å². The predicted octanol–water partition coefficient (Wildman–Crippen LogP) is 19.8. The minimum Gasteiger partial charge on any atom is -0.508 e. The Morgan fingerprint density at radius 3 is 1.24 bits per heavy atom. The molecule has 8 aromatic carbocycles. The van der Waals surface area contributed by atoms with E-state index in [-0.39, 0.29) is 48.4 Å². The number of anilines is 1. The van der Waals surface area contributed by atoms with Gasteiger partial charge in [0, 0.05) is 120 Å². The zero-order valence-corrected chi connectivity index (χ0v) is 75.5. The van der Waals surface area contributed by atoms with Crippen molar-refractivity contribution in [3.63, 3.8) is 0 Å². The molecule has 7 N–H and O–H groups in total. The molecule has 12 aromatic rings. The smallest absolute Gasteiger partial charge is 0.407 e. The first kappa shape index (κ1) is 103. The van der Waals surface area contributed by atoms with Gasteiger partial charge in [-0.1, -0.05) is 77.1 Å². The summed E-state index contributed by atoms with van der Waals surface area (Å²) in [5.74, 6) is 7.52. The number of alkyl carbamates (subject to hydrolysis) is 1. The molecule has 33 heteroatoms. The summed E-state index contributed by atoms with van der Waals surface area (Å²) in [7, 11) is 10.3. The zero-order chi connectivity index (χ0) is 92.7. The van der Waals surface area contributed by atoms with Crippen LogP contribution >= 0.6 is 0 Å². The van der Waals surface area contributed by atoms with Crippen LogP contribution in [-0.4, -0.2) is 133 Å². The number of nitrogens with two attached hydrogens (primary N) is 2. The summed E-state index contributed by atoms with van der Waals surface area (Å²) in [6.45, 7) is 19.9. The van der Waals surface area contributed by atoms with Crippen LogP contribution in [0, 0.1) is 46.8 Å². The number of nitrogen functional groups attached to an aromatic ring is 1. The highest BCUT2D eigenvalue weighted by atomic mass is 32.2. The number of amides is 1. The van der Waals surface area contributed by atoms with Gasteiger partial charge in [-0.15, -0.1) is 0 Å². The number of methoxy groups -OCH3 is 4. The first-order chi connectivity index (χ1) is 59.4. The third-order valence-electron chi connectivity index (χ3n) is 19.1. The van der Waals surface area contributed by atoms with Gasteiger partial charge in [0.25, 0.3) is 15.8 Å². The average molecular weight is 1750 g/mol. The van der Waals surface area contributed by atoms with Gasteiger partial charge in [0.1, 0.15) is 82.4 Å². The number of benzene rings is 8. The number of phenols is 1. The van der Waals surface area contributed by atoms with E-state index in [0.717, 1.165) is 160 Å². The maximum absolute atomic E-state index is 13.1. The summed E-state index contributed by atoms with van der Waals surface area (Å²) in [6, 6.07) is 42.5. The van der Waals surface area contributed by atoms with Crippen molar-refractivity contribution in [2.45, 2.75) is 157 Å². The number of aromatic nitrogens is 8. The predicted molar refractivity (Wildman–Crippen MR) is 485 cm³/mol. The fourth-order valence-electron chi connectivity index (χ4n) is 11.7. The first-order valence-corrected chi connectivity index (χ1v) is 42.1. The van der Waals surface area contributed by atoms with Crippen LogP contribution in [0.2, 0.25) is 0 Å². The molecule has 0 atom stereocenters. The topological polar surface area (TPSA) is 378 Å². The molecule has 0 unspecified atom stereocenters. The molecule has 0 fully saturated rings. The minimum atomic E-state index is -4.02. The van der Waals surface area contributed by atoms with Crippen molar-refractivity contribution in [2.75, 3.05) is 60.5 Å². The molecular weight excluding hydrogens is 1630 g/mol. The zero-order valence-electron chi connectivity index (χ0n) is 74.7. The van der Waals surface area contributed by atoms with E-state index in [9.17, 15) is 51.7 Å². The molecule has 0 saturated carbocycles. The molecule has 125 heavy (non-hydrogen) atoms. The second kappa shape index (κ2) is 51.4. The van der Waals surface area contributed by atoms with Crippen LogP contribution in [0.3, 0.4) is 0 Å². The Bertz CT molecular complexity index is 5580. The number of carbonyl (C=O) groups excluding carboxylic acids is 1. The molecule has 0 aliphatic heterocycles. The number of hydrogen-bond acceptors (Lipinski definition) is 21. The molecule has 0 aliphatic rings. The normalized spacial score (nSPS) is 11.1. The number of nitrogens with one attached hydrogen (secondary N) is 1. The lowest BCUT2D eigenvalue weighted by atomic mass is 10.2. The fourth-order valence-corrected chi connectivity index (χ4v) is 12.2. The molecular formula is C92H120F3N13O16S. The second-order valence-corrected chi connectivity index (χ2v) is 31.2. The molecule has 676 valence electrons. The van der Waals surface area contributed by atoms with Crippen molar-refractivity contribution in [1.29, 1.82) is 0 Å². The number of phenolic OH excluding ortho intramolecular Hbond substituents is 1. The number of aryl methyl sites for hydroxylation is 11. The van der Waals surface area contributed by atoms with Gasteiger partial charge in [0.2, 0.25) is 5.82 Å². The largest absolute Gasteiger partial charge is 0.508 e. The number of nitrogens with zero attached hydrogens (tertiary/aromatic N) is 10. The van der Waals surface area contributed by atoms with Crippen molar-refractivity contribution >= 4 is 77.4 Å². The number of ether oxygens (including phenoxy) is 7. The Hall–Kier alpha value is -12.8. The lowest BCUT2D eigenvalue weighted by Crippen LogP contribution is -2.34. The van der Waals surface area contributed by atoms with E-state index >= 15 is 0 Å². The van der Waals surface area contributed by atoms with Crippen molar-refractivity contribution in [1.82, 2.24) is 43.5 Å². The maximum Gasteiger partial charge on any atom is 0.407 e. The SMILES string of the molecule is CCCCc1nc2cc(O)ccc2n1C.CCCCc1nc2cc(OC)ccc2n1C.CCCCc1nc2cc(OC/C(=C/F)CN)ccc2n1C.CCCCc1nc2cc(OC/C(=C/F)CNC(=O)OC(C)(C)C)ccc2n1C.COc1ccc(C)c(N)c1.COc1ccc(C)c([N+](=O)[O-])c1.COc1ccc(F)c([N+](=O)[O-])c1.Cc1ccc(S(=O)(=O)O)cc1. The Kier molecular flexibility index (Phi) is 42.2. The van der Waals surface area contributed by atoms with Gasteiger partial charge >= 0.3 is 11.8 Å². The number of hydrogen-bond donors (Lipinski definition) is 5. The van der Waals surface area contributed by atoms with Crippen LogP contribution < -0.4 is 45.2 Å². The van der Waals surface area contributed by atoms with Crippen LogP contribution in [0.5, 0.6) is 40.2 Å². The van der Waals surface area contributed by atoms with E-state index in [0.29, 0.717) is 46.6 Å². The van der Waals surface area contributed by atoms with E-state index in [1.807, 2.05) is 108 Å². The molecule has 29 nitrogen and oxygen atoms in total. The van der Waals surface area contributed by atoms with E-state index in [1.165, 1.54) is 63.3 Å². The third kappa shape index (κ3) is 33.1. The highest BCUT2D eigenvalue weighted by molar-refractivity contribution is 7.85. The van der Waals surface area contributed by atoms with E-state index in [1.54, 1.807) is 78.3 Å². The number of halogens is 3. The Balaban J connectivity index is 0.000000260. The number of nitro benzene ring substituents is 2. The molecule has 0 radical (unpaired) electrons. The van der Waals surface area contributed by atoms with Crippen molar-refractivity contribution in [3.05, 3.63) is 241 Å². The van der Waals surface area contributed by atoms with Gasteiger partial charge in [0.15, 0.2) is 0 Å². The van der Waals surface area contributed by atoms with Gasteiger partial charge in [-0.05, 0) is 164 Å². The lowest BCUT2D eigenvalue weighted by molar-refractivity contribution is -0.387. The highest BCUT2D eigenvalue weighted by Gasteiger charge is 2.19. The number of unbranched alkanes of at least 4 members (excludes halogenated alkanes) is 4. The molecule has 12 rings (SSSR count). The first-order valence-electron chi connectivity index (χ1n) is 40.7. The van der Waals surface area contributed by atoms with Gasteiger partial charge in [-0.25, -0.2) is 33.5 Å². The molecule has 0 aliphatic carbocycles. The number of rotatable bonds is 28. The van der Waals surface area contributed by atoms with E-state index in [2.05, 4.69) is 89.1 Å². The molecule has 1 amide bonds. The quantitative estimate of drug-likeness (QED) is 0.0132. The Morgan fingerprint density at radius 2 is 0.864 bits per heavy atom. The van der Waals surface area contributed by atoms with Crippen molar-refractivity contribution in [3.8, 4) is 40.2 Å². The number of carbonyl (C=O) groups is 1. The summed E-state index contributed by atoms with van der Waals surface area (Å²) < 4.78 is 112. The van der Waals surface area contributed by atoms with Crippen LogP contribution in [0.15, 0.2) is 180 Å². The number of fused-ring (bicyclic) bond motifs is 4. The second-order valence-electron chi connectivity index (χ2n) is 29.8. The van der Waals surface area contributed by atoms with Gasteiger partial charge in [-0.2, -0.15) is 12.8 Å². The van der Waals surface area contributed by atoms with Crippen molar-refractivity contribution < 1.29 is 79.0 Å². The van der Waals surface area contributed by atoms with Gasteiger partial charge in [-0.3, -0.25) is 24.8 Å². The van der Waals surface area contributed by atoms with E-state index < -0.39 is 43.2 Å². The molecule has 0 bridgehead atoms. The van der Waals surface area contributed by atoms with E-state index in [4.69, 9.17) is 44.4 Å². The third-order valence-corrected chi connectivity index (χ3v) is 20.0. The molecule has 4 aromatic heterocycles. The summed E-state index contributed by atoms with van der Waals surface area (Å²) in [5, 5.41) is 32.5. The monoisotopic (exact) mass is 1750 g/mol. The Morgan fingerprint density at radius 1 is 0.512 bits per heavy atom. The minimum absolute atomic E-state index is 0.0123. The standard InChI is InChI=1S/C21H30FN3O3.C16H22FN3O.C13H18N2O.C12H16N2O.C8H9NO3.C8H11NO.C7H6FNO3.C7H8O3S/c1-6-7-8-19-24-17-11-16(9-10-18(17)25(19)5)27-14-15(12-22)13-23-20(26)28-21(2,3)4;1-3-4-5-16-19-14-8-13(6-7-15(14)20(16)2)21-11-12(9-17)10-18;1-4-5-6-13-14-11-9-10(16-3)7-8-12(11)15(13)2;1-3-4-5-12-13-10-8-9(15)6-7-11(10)14(12)2;1-6-3-4-7(12-2)5-8(6)9(10)11;1-6-3-4-7(10-2)5-8(6)9;1-12-5-2-3-6(8)7(4-5)9(10)11;1-6-2-4-7(5-3-6)11(8,9)10/h9-12H,6-8,13-14H2,1-5H3,(H,23,26);6-9H,3-5,10-11,18H2,1-2H3;7-9H,4-6H2,1-3H3;6-8,15H,3-5H2,1-2H3;3-5H,1-2H3;3-5H,9H2,1-2H3;2-4H,1H3;2-5H,1H3,(H,8,9,10)/b15-12+;12-9+;;;;;;. The summed E-state index contributed by atoms with van der Waals surface area (Å²) in [6.07, 6.45) is 13.5. The number of aromatic hydroxyl groups is 1.